The SMILES string of the molecule is CCNC(=NCc1ccsc1)NCc1ccccc1OC1CCC1. The highest BCUT2D eigenvalue weighted by molar-refractivity contribution is 7.07. The monoisotopic (exact) mass is 343 g/mol. The smallest absolute Gasteiger partial charge is 0.191 e. The van der Waals surface area contributed by atoms with Crippen molar-refractivity contribution in [3.63, 3.8) is 0 Å². The van der Waals surface area contributed by atoms with Crippen LogP contribution >= 0.6 is 11.3 Å². The van der Waals surface area contributed by atoms with Gasteiger partial charge in [0.05, 0.1) is 12.6 Å². The molecule has 4 nitrogen and oxygen atoms in total. The van der Waals surface area contributed by atoms with E-state index in [9.17, 15) is 0 Å². The molecule has 5 heteroatoms. The van der Waals surface area contributed by atoms with Gasteiger partial charge in [-0.2, -0.15) is 11.3 Å². The summed E-state index contributed by atoms with van der Waals surface area (Å²) in [6, 6.07) is 10.4. The van der Waals surface area contributed by atoms with E-state index in [4.69, 9.17) is 4.74 Å². The molecule has 0 bridgehead atoms. The van der Waals surface area contributed by atoms with E-state index in [0.717, 1.165) is 18.3 Å². The maximum absolute atomic E-state index is 6.09. The summed E-state index contributed by atoms with van der Waals surface area (Å²) in [5.74, 6) is 1.82. The molecule has 0 unspecified atom stereocenters. The topological polar surface area (TPSA) is 45.7 Å². The van der Waals surface area contributed by atoms with Gasteiger partial charge in [-0.25, -0.2) is 4.99 Å². The van der Waals surface area contributed by atoms with Crippen molar-refractivity contribution in [2.75, 3.05) is 6.54 Å². The summed E-state index contributed by atoms with van der Waals surface area (Å²) in [6.07, 6.45) is 4.02. The van der Waals surface area contributed by atoms with Crippen molar-refractivity contribution in [1.82, 2.24) is 10.6 Å². The number of guanidine groups is 1. The Balaban J connectivity index is 1.60. The number of nitrogens with one attached hydrogen (secondary N) is 2. The van der Waals surface area contributed by atoms with E-state index >= 15 is 0 Å². The van der Waals surface area contributed by atoms with E-state index in [-0.39, 0.29) is 0 Å². The van der Waals surface area contributed by atoms with Crippen LogP contribution in [0.3, 0.4) is 0 Å². The molecule has 3 rings (SSSR count). The van der Waals surface area contributed by atoms with Crippen LogP contribution in [0.25, 0.3) is 0 Å². The maximum atomic E-state index is 6.09. The van der Waals surface area contributed by atoms with E-state index in [1.807, 2.05) is 6.07 Å². The number of thiophene rings is 1. The Bertz CT molecular complexity index is 650. The van der Waals surface area contributed by atoms with Crippen LogP contribution < -0.4 is 15.4 Å². The molecule has 1 saturated carbocycles. The Kier molecular flexibility index (Phi) is 6.13. The molecule has 1 heterocycles. The molecule has 128 valence electrons. The van der Waals surface area contributed by atoms with Gasteiger partial charge in [-0.05, 0) is 54.6 Å². The third-order valence-electron chi connectivity index (χ3n) is 4.11. The zero-order chi connectivity index (χ0) is 16.6. The highest BCUT2D eigenvalue weighted by Gasteiger charge is 2.20. The Morgan fingerprint density at radius 3 is 2.83 bits per heavy atom. The second kappa shape index (κ2) is 8.73. The van der Waals surface area contributed by atoms with Gasteiger partial charge < -0.3 is 15.4 Å². The van der Waals surface area contributed by atoms with Gasteiger partial charge >= 0.3 is 0 Å². The normalized spacial score (nSPS) is 15.0. The molecule has 0 saturated heterocycles. The summed E-state index contributed by atoms with van der Waals surface area (Å²) < 4.78 is 6.09. The standard InChI is InChI=1S/C19H25N3OS/c1-2-20-19(21-12-15-10-11-24-14-15)22-13-16-6-3-4-9-18(16)23-17-7-5-8-17/h3-4,6,9-11,14,17H,2,5,7-8,12-13H2,1H3,(H2,20,21,22). The quantitative estimate of drug-likeness (QED) is 0.591. The van der Waals surface area contributed by atoms with Gasteiger partial charge in [0.1, 0.15) is 5.75 Å². The summed E-state index contributed by atoms with van der Waals surface area (Å²) in [5.41, 5.74) is 2.41. The molecule has 1 aromatic heterocycles. The summed E-state index contributed by atoms with van der Waals surface area (Å²) in [5, 5.41) is 10.9. The first-order valence-electron chi connectivity index (χ1n) is 8.63. The number of ether oxygens (including phenoxy) is 1. The van der Waals surface area contributed by atoms with Gasteiger partial charge in [-0.3, -0.25) is 0 Å². The summed E-state index contributed by atoms with van der Waals surface area (Å²) in [7, 11) is 0. The first-order chi connectivity index (χ1) is 11.8. The number of aliphatic imine (C=N–C) groups is 1. The Hall–Kier alpha value is -2.01. The fourth-order valence-corrected chi connectivity index (χ4v) is 3.17. The van der Waals surface area contributed by atoms with Gasteiger partial charge in [-0.1, -0.05) is 18.2 Å². The number of benzene rings is 1. The molecule has 0 atom stereocenters. The first-order valence-corrected chi connectivity index (χ1v) is 9.57. The van der Waals surface area contributed by atoms with Gasteiger partial charge in [-0.15, -0.1) is 0 Å². The van der Waals surface area contributed by atoms with Crippen molar-refractivity contribution in [1.29, 1.82) is 0 Å². The zero-order valence-electron chi connectivity index (χ0n) is 14.1. The van der Waals surface area contributed by atoms with Gasteiger partial charge in [0.15, 0.2) is 5.96 Å². The molecule has 24 heavy (non-hydrogen) atoms. The average molecular weight is 343 g/mol. The lowest BCUT2D eigenvalue weighted by atomic mass is 9.96. The maximum Gasteiger partial charge on any atom is 0.191 e. The minimum Gasteiger partial charge on any atom is -0.490 e. The summed E-state index contributed by atoms with van der Waals surface area (Å²) in [4.78, 5) is 4.65. The number of nitrogens with zero attached hydrogens (tertiary/aromatic N) is 1. The molecule has 1 fully saturated rings. The molecule has 1 aromatic carbocycles. The van der Waals surface area contributed by atoms with Crippen LogP contribution in [0.4, 0.5) is 0 Å². The lowest BCUT2D eigenvalue weighted by Crippen LogP contribution is -2.37. The average Bonchev–Trinajstić information content (AvgIpc) is 3.08. The van der Waals surface area contributed by atoms with Crippen LogP contribution in [0.1, 0.15) is 37.3 Å². The van der Waals surface area contributed by atoms with Crippen LogP contribution in [0.2, 0.25) is 0 Å². The van der Waals surface area contributed by atoms with Crippen molar-refractivity contribution in [3.05, 3.63) is 52.2 Å². The minimum absolute atomic E-state index is 0.395. The van der Waals surface area contributed by atoms with E-state index in [0.29, 0.717) is 19.2 Å². The van der Waals surface area contributed by atoms with Crippen molar-refractivity contribution in [2.45, 2.75) is 45.4 Å². The first kappa shape index (κ1) is 16.8. The third-order valence-corrected chi connectivity index (χ3v) is 4.84. The number of hydrogen-bond donors (Lipinski definition) is 2. The van der Waals surface area contributed by atoms with E-state index in [1.165, 1.54) is 30.4 Å². The Labute approximate surface area is 148 Å². The highest BCUT2D eigenvalue weighted by Crippen LogP contribution is 2.27. The van der Waals surface area contributed by atoms with Crippen molar-refractivity contribution < 1.29 is 4.74 Å². The molecule has 2 N–H and O–H groups in total. The molecule has 2 aromatic rings. The summed E-state index contributed by atoms with van der Waals surface area (Å²) >= 11 is 1.70. The Morgan fingerprint density at radius 2 is 2.12 bits per heavy atom. The second-order valence-corrected chi connectivity index (χ2v) is 6.74. The number of rotatable bonds is 7. The van der Waals surface area contributed by atoms with Crippen LogP contribution in [0.5, 0.6) is 5.75 Å². The molecular weight excluding hydrogens is 318 g/mol. The molecule has 0 aliphatic heterocycles. The molecule has 0 amide bonds. The van der Waals surface area contributed by atoms with E-state index in [2.05, 4.69) is 57.6 Å². The zero-order valence-corrected chi connectivity index (χ0v) is 14.9. The predicted molar refractivity (Wildman–Crippen MR) is 101 cm³/mol. The lowest BCUT2D eigenvalue weighted by Gasteiger charge is -2.27. The second-order valence-electron chi connectivity index (χ2n) is 5.96. The molecule has 1 aliphatic rings. The van der Waals surface area contributed by atoms with Crippen molar-refractivity contribution in [3.8, 4) is 5.75 Å². The van der Waals surface area contributed by atoms with Gasteiger partial charge in [0.25, 0.3) is 0 Å². The summed E-state index contributed by atoms with van der Waals surface area (Å²) in [6.45, 7) is 4.32. The van der Waals surface area contributed by atoms with Gasteiger partial charge in [0.2, 0.25) is 0 Å². The van der Waals surface area contributed by atoms with Crippen LogP contribution in [-0.4, -0.2) is 18.6 Å². The molecule has 0 spiro atoms. The van der Waals surface area contributed by atoms with Crippen LogP contribution in [0.15, 0.2) is 46.1 Å². The number of hydrogen-bond acceptors (Lipinski definition) is 3. The molecule has 1 aliphatic carbocycles. The van der Waals surface area contributed by atoms with Crippen molar-refractivity contribution in [2.24, 2.45) is 4.99 Å². The molecular formula is C19H25N3OS. The van der Waals surface area contributed by atoms with E-state index in [1.54, 1.807) is 11.3 Å². The Morgan fingerprint density at radius 1 is 1.25 bits per heavy atom. The largest absolute Gasteiger partial charge is 0.490 e. The van der Waals surface area contributed by atoms with Crippen molar-refractivity contribution >= 4 is 17.3 Å². The fourth-order valence-electron chi connectivity index (χ4n) is 2.51. The fraction of sp³-hybridized carbons (Fsp3) is 0.421. The third kappa shape index (κ3) is 4.74. The van der Waals surface area contributed by atoms with Gasteiger partial charge in [0, 0.05) is 18.7 Å². The lowest BCUT2D eigenvalue weighted by molar-refractivity contribution is 0.119. The van der Waals surface area contributed by atoms with Crippen LogP contribution in [-0.2, 0) is 13.1 Å². The van der Waals surface area contributed by atoms with E-state index < -0.39 is 0 Å². The predicted octanol–water partition coefficient (Wildman–Crippen LogP) is 3.93. The molecule has 0 radical (unpaired) electrons. The highest BCUT2D eigenvalue weighted by atomic mass is 32.1. The number of para-hydroxylation sites is 1. The minimum atomic E-state index is 0.395. The van der Waals surface area contributed by atoms with Crippen LogP contribution in [0, 0.1) is 0 Å².